The summed E-state index contributed by atoms with van der Waals surface area (Å²) in [5, 5.41) is 13.2. The van der Waals surface area contributed by atoms with Gasteiger partial charge in [0.25, 0.3) is 0 Å². The van der Waals surface area contributed by atoms with E-state index in [9.17, 15) is 14.7 Å². The Hall–Kier alpha value is -3.81. The van der Waals surface area contributed by atoms with E-state index in [-0.39, 0.29) is 17.4 Å². The maximum Gasteiger partial charge on any atom is 0.336 e. The first kappa shape index (κ1) is 22.4. The van der Waals surface area contributed by atoms with E-state index < -0.39 is 5.97 Å². The van der Waals surface area contributed by atoms with Gasteiger partial charge in [-0.3, -0.25) is 4.79 Å². The molecule has 2 heterocycles. The van der Waals surface area contributed by atoms with E-state index in [4.69, 9.17) is 9.72 Å². The molecule has 172 valence electrons. The number of anilines is 3. The monoisotopic (exact) mass is 448 g/mol. The number of ether oxygens (including phenoxy) is 1. The van der Waals surface area contributed by atoms with Gasteiger partial charge in [-0.25, -0.2) is 9.78 Å². The fraction of sp³-hybridized carbons (Fsp3) is 0.320. The second-order valence-corrected chi connectivity index (χ2v) is 8.38. The van der Waals surface area contributed by atoms with Crippen molar-refractivity contribution < 1.29 is 19.4 Å². The molecule has 0 radical (unpaired) electrons. The van der Waals surface area contributed by atoms with Gasteiger partial charge in [-0.05, 0) is 36.4 Å². The van der Waals surface area contributed by atoms with Crippen molar-refractivity contribution in [2.75, 3.05) is 48.4 Å². The normalized spacial score (nSPS) is 13.9. The van der Waals surface area contributed by atoms with Crippen LogP contribution < -0.4 is 19.9 Å². The molecule has 1 saturated heterocycles. The Bertz CT molecular complexity index is 1190. The molecule has 1 aliphatic rings. The van der Waals surface area contributed by atoms with Crippen LogP contribution in [-0.4, -0.2) is 55.3 Å². The number of piperazine rings is 1. The van der Waals surface area contributed by atoms with E-state index in [1.807, 2.05) is 18.2 Å². The number of methoxy groups -OCH3 is 1. The standard InChI is InChI=1S/C25H28N4O4/c1-16(2)24(30)26-17-7-8-22-20(13-17)21(25(31)32)15-23(27-22)29-11-9-28(10-12-29)18-5-4-6-19(14-18)33-3/h4-8,13-16H,9-12H2,1-3H3,(H,26,30)(H,31,32). The summed E-state index contributed by atoms with van der Waals surface area (Å²) in [6.45, 7) is 6.63. The highest BCUT2D eigenvalue weighted by molar-refractivity contribution is 6.05. The van der Waals surface area contributed by atoms with Gasteiger partial charge in [-0.2, -0.15) is 0 Å². The van der Waals surface area contributed by atoms with E-state index in [0.717, 1.165) is 37.6 Å². The zero-order valence-electron chi connectivity index (χ0n) is 19.0. The minimum atomic E-state index is -1.02. The first-order chi connectivity index (χ1) is 15.9. The largest absolute Gasteiger partial charge is 0.497 e. The van der Waals surface area contributed by atoms with Gasteiger partial charge >= 0.3 is 5.97 Å². The molecule has 1 aromatic heterocycles. The second-order valence-electron chi connectivity index (χ2n) is 8.38. The number of hydrogen-bond acceptors (Lipinski definition) is 6. The average Bonchev–Trinajstić information content (AvgIpc) is 2.83. The number of carbonyl (C=O) groups excluding carboxylic acids is 1. The number of aromatic carboxylic acids is 1. The third kappa shape index (κ3) is 4.84. The molecule has 8 heteroatoms. The lowest BCUT2D eigenvalue weighted by atomic mass is 10.1. The quantitative estimate of drug-likeness (QED) is 0.591. The Morgan fingerprint density at radius 2 is 1.76 bits per heavy atom. The second kappa shape index (κ2) is 9.36. The predicted octanol–water partition coefficient (Wildman–Crippen LogP) is 3.86. The third-order valence-electron chi connectivity index (χ3n) is 5.84. The molecule has 8 nitrogen and oxygen atoms in total. The fourth-order valence-electron chi connectivity index (χ4n) is 3.92. The summed E-state index contributed by atoms with van der Waals surface area (Å²) < 4.78 is 5.33. The van der Waals surface area contributed by atoms with Gasteiger partial charge in [0.1, 0.15) is 11.6 Å². The predicted molar refractivity (Wildman–Crippen MR) is 130 cm³/mol. The first-order valence-electron chi connectivity index (χ1n) is 11.0. The van der Waals surface area contributed by atoms with Crippen molar-refractivity contribution in [1.29, 1.82) is 0 Å². The van der Waals surface area contributed by atoms with Gasteiger partial charge in [0.15, 0.2) is 0 Å². The van der Waals surface area contributed by atoms with Gasteiger partial charge in [0, 0.05) is 54.9 Å². The smallest absolute Gasteiger partial charge is 0.336 e. The fourth-order valence-corrected chi connectivity index (χ4v) is 3.92. The van der Waals surface area contributed by atoms with Crippen molar-refractivity contribution in [3.63, 3.8) is 0 Å². The summed E-state index contributed by atoms with van der Waals surface area (Å²) in [5.74, 6) is 0.150. The average molecular weight is 449 g/mol. The summed E-state index contributed by atoms with van der Waals surface area (Å²) in [4.78, 5) is 33.2. The molecule has 1 aliphatic heterocycles. The Morgan fingerprint density at radius 3 is 2.42 bits per heavy atom. The Balaban J connectivity index is 1.57. The molecule has 0 atom stereocenters. The summed E-state index contributed by atoms with van der Waals surface area (Å²) in [6.07, 6.45) is 0. The van der Waals surface area contributed by atoms with Crippen LogP contribution in [0.1, 0.15) is 24.2 Å². The molecule has 33 heavy (non-hydrogen) atoms. The van der Waals surface area contributed by atoms with Gasteiger partial charge in [0.2, 0.25) is 5.91 Å². The number of nitrogens with one attached hydrogen (secondary N) is 1. The highest BCUT2D eigenvalue weighted by atomic mass is 16.5. The summed E-state index contributed by atoms with van der Waals surface area (Å²) in [6, 6.07) is 14.8. The molecular weight excluding hydrogens is 420 g/mol. The molecule has 2 aromatic carbocycles. The third-order valence-corrected chi connectivity index (χ3v) is 5.84. The number of fused-ring (bicyclic) bond motifs is 1. The lowest BCUT2D eigenvalue weighted by Crippen LogP contribution is -2.46. The minimum Gasteiger partial charge on any atom is -0.497 e. The molecular formula is C25H28N4O4. The van der Waals surface area contributed by atoms with E-state index >= 15 is 0 Å². The van der Waals surface area contributed by atoms with Crippen LogP contribution in [0.4, 0.5) is 17.2 Å². The van der Waals surface area contributed by atoms with E-state index in [1.54, 1.807) is 45.2 Å². The van der Waals surface area contributed by atoms with Crippen molar-refractivity contribution in [2.24, 2.45) is 5.92 Å². The number of carboxylic acid groups (broad SMARTS) is 1. The Morgan fingerprint density at radius 1 is 1.03 bits per heavy atom. The van der Waals surface area contributed by atoms with Crippen molar-refractivity contribution >= 4 is 40.0 Å². The molecule has 0 spiro atoms. The molecule has 0 unspecified atom stereocenters. The van der Waals surface area contributed by atoms with Crippen molar-refractivity contribution in [3.05, 3.63) is 54.1 Å². The van der Waals surface area contributed by atoms with Crippen LogP contribution in [0.25, 0.3) is 10.9 Å². The Labute approximate surface area is 192 Å². The zero-order chi connectivity index (χ0) is 23.5. The summed E-state index contributed by atoms with van der Waals surface area (Å²) in [7, 11) is 1.66. The van der Waals surface area contributed by atoms with Crippen LogP contribution in [0.15, 0.2) is 48.5 Å². The summed E-state index contributed by atoms with van der Waals surface area (Å²) in [5.41, 5.74) is 2.42. The van der Waals surface area contributed by atoms with Gasteiger partial charge in [0.05, 0.1) is 18.2 Å². The lowest BCUT2D eigenvalue weighted by Gasteiger charge is -2.37. The maximum atomic E-state index is 12.0. The molecule has 3 aromatic rings. The van der Waals surface area contributed by atoms with Crippen LogP contribution >= 0.6 is 0 Å². The lowest BCUT2D eigenvalue weighted by molar-refractivity contribution is -0.118. The molecule has 0 aliphatic carbocycles. The van der Waals surface area contributed by atoms with Crippen LogP contribution in [0.5, 0.6) is 5.75 Å². The van der Waals surface area contributed by atoms with Crippen molar-refractivity contribution in [1.82, 2.24) is 4.98 Å². The van der Waals surface area contributed by atoms with Crippen LogP contribution in [-0.2, 0) is 4.79 Å². The number of pyridine rings is 1. The SMILES string of the molecule is COc1cccc(N2CCN(c3cc(C(=O)O)c4cc(NC(=O)C(C)C)ccc4n3)CC2)c1. The number of hydrogen-bond donors (Lipinski definition) is 2. The van der Waals surface area contributed by atoms with E-state index in [0.29, 0.717) is 22.4 Å². The number of carboxylic acids is 1. The molecule has 1 fully saturated rings. The molecule has 1 amide bonds. The highest BCUT2D eigenvalue weighted by Gasteiger charge is 2.21. The maximum absolute atomic E-state index is 12.0. The minimum absolute atomic E-state index is 0.121. The van der Waals surface area contributed by atoms with E-state index in [2.05, 4.69) is 21.2 Å². The highest BCUT2D eigenvalue weighted by Crippen LogP contribution is 2.28. The molecule has 2 N–H and O–H groups in total. The number of amides is 1. The van der Waals surface area contributed by atoms with Crippen LogP contribution in [0.3, 0.4) is 0 Å². The van der Waals surface area contributed by atoms with Crippen molar-refractivity contribution in [2.45, 2.75) is 13.8 Å². The topological polar surface area (TPSA) is 95.0 Å². The molecule has 0 saturated carbocycles. The number of benzene rings is 2. The van der Waals surface area contributed by atoms with Crippen LogP contribution in [0.2, 0.25) is 0 Å². The number of rotatable bonds is 6. The van der Waals surface area contributed by atoms with Gasteiger partial charge < -0.3 is 25.0 Å². The molecule has 0 bridgehead atoms. The van der Waals surface area contributed by atoms with Crippen molar-refractivity contribution in [3.8, 4) is 5.75 Å². The van der Waals surface area contributed by atoms with Crippen LogP contribution in [0, 0.1) is 5.92 Å². The van der Waals surface area contributed by atoms with Gasteiger partial charge in [-0.1, -0.05) is 19.9 Å². The molecule has 4 rings (SSSR count). The number of nitrogens with zero attached hydrogens (tertiary/aromatic N) is 3. The van der Waals surface area contributed by atoms with Gasteiger partial charge in [-0.15, -0.1) is 0 Å². The zero-order valence-corrected chi connectivity index (χ0v) is 19.0. The first-order valence-corrected chi connectivity index (χ1v) is 11.0. The summed E-state index contributed by atoms with van der Waals surface area (Å²) >= 11 is 0. The number of aromatic nitrogens is 1. The number of carbonyl (C=O) groups is 2. The Kier molecular flexibility index (Phi) is 6.35. The van der Waals surface area contributed by atoms with E-state index in [1.165, 1.54) is 0 Å².